The second-order valence-corrected chi connectivity index (χ2v) is 7.18. The topological polar surface area (TPSA) is 71.6 Å². The molecule has 0 unspecified atom stereocenters. The van der Waals surface area contributed by atoms with E-state index in [-0.39, 0.29) is 5.91 Å². The van der Waals surface area contributed by atoms with Crippen molar-refractivity contribution in [3.05, 3.63) is 71.6 Å². The number of benzene rings is 2. The third kappa shape index (κ3) is 3.68. The van der Waals surface area contributed by atoms with Crippen molar-refractivity contribution in [3.8, 4) is 5.75 Å². The second-order valence-electron chi connectivity index (χ2n) is 7.18. The molecule has 0 aliphatic carbocycles. The van der Waals surface area contributed by atoms with Crippen LogP contribution in [0.3, 0.4) is 0 Å². The smallest absolute Gasteiger partial charge is 0.341 e. The van der Waals surface area contributed by atoms with E-state index in [2.05, 4.69) is 4.98 Å². The number of fused-ring (bicyclic) bond motifs is 3. The zero-order valence-corrected chi connectivity index (χ0v) is 17.1. The molecule has 30 heavy (non-hydrogen) atoms. The zero-order chi connectivity index (χ0) is 21.1. The molecule has 0 saturated heterocycles. The van der Waals surface area contributed by atoms with Crippen LogP contribution in [0.4, 0.5) is 0 Å². The van der Waals surface area contributed by atoms with Gasteiger partial charge in [0.15, 0.2) is 0 Å². The summed E-state index contributed by atoms with van der Waals surface area (Å²) in [6.07, 6.45) is 2.96. The number of hydrogen-bond acceptors (Lipinski definition) is 4. The Labute approximate surface area is 175 Å². The summed E-state index contributed by atoms with van der Waals surface area (Å²) in [6.45, 7) is 2.73. The van der Waals surface area contributed by atoms with Crippen molar-refractivity contribution in [2.75, 3.05) is 20.3 Å². The Kier molecular flexibility index (Phi) is 5.57. The van der Waals surface area contributed by atoms with Crippen LogP contribution in [-0.4, -0.2) is 42.0 Å². The summed E-state index contributed by atoms with van der Waals surface area (Å²) >= 11 is 0. The number of methoxy groups -OCH3 is 1. The fraction of sp³-hybridized carbons (Fsp3) is 0.250. The van der Waals surface area contributed by atoms with E-state index in [4.69, 9.17) is 9.47 Å². The molecular formula is C24H24N2O4. The number of aromatic amines is 1. The minimum absolute atomic E-state index is 0.191. The number of esters is 1. The van der Waals surface area contributed by atoms with Crippen LogP contribution in [0.15, 0.2) is 54.7 Å². The van der Waals surface area contributed by atoms with Gasteiger partial charge < -0.3 is 19.4 Å². The largest absolute Gasteiger partial charge is 0.497 e. The third-order valence-corrected chi connectivity index (χ3v) is 5.21. The van der Waals surface area contributed by atoms with Gasteiger partial charge in [-0.3, -0.25) is 4.79 Å². The molecular weight excluding hydrogens is 380 g/mol. The molecule has 0 saturated carbocycles. The summed E-state index contributed by atoms with van der Waals surface area (Å²) in [5.41, 5.74) is 3.57. The first-order valence-electron chi connectivity index (χ1n) is 10.1. The van der Waals surface area contributed by atoms with Crippen molar-refractivity contribution >= 4 is 28.4 Å². The molecule has 1 N–H and O–H groups in total. The van der Waals surface area contributed by atoms with Crippen LogP contribution < -0.4 is 4.74 Å². The molecule has 1 aromatic heterocycles. The Morgan fingerprint density at radius 3 is 2.77 bits per heavy atom. The van der Waals surface area contributed by atoms with Crippen molar-refractivity contribution in [3.63, 3.8) is 0 Å². The van der Waals surface area contributed by atoms with Crippen LogP contribution in [0.5, 0.6) is 5.75 Å². The highest BCUT2D eigenvalue weighted by Gasteiger charge is 2.27. The maximum absolute atomic E-state index is 13.2. The van der Waals surface area contributed by atoms with Crippen LogP contribution >= 0.6 is 0 Å². The van der Waals surface area contributed by atoms with E-state index in [1.807, 2.05) is 31.2 Å². The predicted octanol–water partition coefficient (Wildman–Crippen LogP) is 4.17. The number of hydrogen-bond donors (Lipinski definition) is 1. The Bertz CT molecular complexity index is 1130. The molecule has 0 fully saturated rings. The first kappa shape index (κ1) is 19.8. The van der Waals surface area contributed by atoms with Crippen LogP contribution in [0.1, 0.15) is 35.0 Å². The normalized spacial score (nSPS) is 13.4. The molecule has 0 radical (unpaired) electrons. The van der Waals surface area contributed by atoms with Crippen molar-refractivity contribution < 1.29 is 19.1 Å². The monoisotopic (exact) mass is 404 g/mol. The number of carbonyl (C=O) groups is 2. The molecule has 0 atom stereocenters. The number of carbonyl (C=O) groups excluding carboxylic acids is 2. The van der Waals surface area contributed by atoms with E-state index in [0.29, 0.717) is 36.5 Å². The summed E-state index contributed by atoms with van der Waals surface area (Å²) < 4.78 is 10.7. The molecule has 6 heteroatoms. The average molecular weight is 404 g/mol. The number of nitrogens with zero attached hydrogens (tertiary/aromatic N) is 1. The van der Waals surface area contributed by atoms with Crippen LogP contribution in [0.2, 0.25) is 0 Å². The molecule has 6 nitrogen and oxygen atoms in total. The van der Waals surface area contributed by atoms with Gasteiger partial charge in [-0.25, -0.2) is 4.79 Å². The van der Waals surface area contributed by atoms with E-state index < -0.39 is 5.97 Å². The van der Waals surface area contributed by atoms with E-state index in [1.54, 1.807) is 42.5 Å². The lowest BCUT2D eigenvalue weighted by Gasteiger charge is -2.18. The van der Waals surface area contributed by atoms with Gasteiger partial charge in [-0.2, -0.15) is 0 Å². The molecule has 0 bridgehead atoms. The number of rotatable bonds is 5. The van der Waals surface area contributed by atoms with Gasteiger partial charge in [0.25, 0.3) is 5.91 Å². The van der Waals surface area contributed by atoms with Gasteiger partial charge in [0.1, 0.15) is 5.75 Å². The van der Waals surface area contributed by atoms with Gasteiger partial charge in [0, 0.05) is 29.2 Å². The van der Waals surface area contributed by atoms with Crippen LogP contribution in [0.25, 0.3) is 16.5 Å². The first-order valence-corrected chi connectivity index (χ1v) is 10.1. The molecule has 154 valence electrons. The lowest BCUT2D eigenvalue weighted by Crippen LogP contribution is -2.28. The number of aromatic nitrogens is 1. The Balaban J connectivity index is 1.76. The minimum Gasteiger partial charge on any atom is -0.497 e. The quantitative estimate of drug-likeness (QED) is 0.648. The van der Waals surface area contributed by atoms with Gasteiger partial charge in [-0.05, 0) is 42.7 Å². The molecule has 3 aromatic rings. The molecule has 2 heterocycles. The summed E-state index contributed by atoms with van der Waals surface area (Å²) in [7, 11) is 1.56. The Hall–Kier alpha value is -3.54. The highest BCUT2D eigenvalue weighted by atomic mass is 16.5. The van der Waals surface area contributed by atoms with E-state index in [0.717, 1.165) is 28.6 Å². The molecule has 0 spiro atoms. The standard InChI is InChI=1S/C24H24N2O4/c1-3-13-30-24(28)20-15-26(23(27)16-7-6-8-17(14-16)29-2)12-11-19-18-9-4-5-10-21(18)25-22(19)20/h4-10,14-15,25H,3,11-13H2,1-2H3. The predicted molar refractivity (Wildman–Crippen MR) is 115 cm³/mol. The fourth-order valence-corrected chi connectivity index (χ4v) is 3.72. The fourth-order valence-electron chi connectivity index (χ4n) is 3.72. The van der Waals surface area contributed by atoms with Crippen molar-refractivity contribution in [1.82, 2.24) is 9.88 Å². The maximum atomic E-state index is 13.2. The minimum atomic E-state index is -0.435. The van der Waals surface area contributed by atoms with Crippen molar-refractivity contribution in [2.45, 2.75) is 19.8 Å². The lowest BCUT2D eigenvalue weighted by atomic mass is 10.0. The van der Waals surface area contributed by atoms with Gasteiger partial charge in [0.2, 0.25) is 0 Å². The number of nitrogens with one attached hydrogen (secondary N) is 1. The van der Waals surface area contributed by atoms with Crippen molar-refractivity contribution in [2.24, 2.45) is 0 Å². The highest BCUT2D eigenvalue weighted by Crippen LogP contribution is 2.32. The Morgan fingerprint density at radius 2 is 1.97 bits per heavy atom. The number of ether oxygens (including phenoxy) is 2. The molecule has 2 aromatic carbocycles. The molecule has 1 aliphatic heterocycles. The van der Waals surface area contributed by atoms with Crippen molar-refractivity contribution in [1.29, 1.82) is 0 Å². The van der Waals surface area contributed by atoms with E-state index in [9.17, 15) is 9.59 Å². The van der Waals surface area contributed by atoms with Gasteiger partial charge in [0.05, 0.1) is 25.0 Å². The maximum Gasteiger partial charge on any atom is 0.341 e. The number of amides is 1. The highest BCUT2D eigenvalue weighted by molar-refractivity contribution is 6.18. The van der Waals surface area contributed by atoms with Gasteiger partial charge in [-0.1, -0.05) is 31.2 Å². The zero-order valence-electron chi connectivity index (χ0n) is 17.1. The first-order chi connectivity index (χ1) is 14.6. The molecule has 1 aliphatic rings. The van der Waals surface area contributed by atoms with Gasteiger partial charge in [-0.15, -0.1) is 0 Å². The summed E-state index contributed by atoms with van der Waals surface area (Å²) in [5, 5.41) is 1.05. The lowest BCUT2D eigenvalue weighted by molar-refractivity contribution is -0.136. The summed E-state index contributed by atoms with van der Waals surface area (Å²) in [5.74, 6) is -0.0161. The summed E-state index contributed by atoms with van der Waals surface area (Å²) in [4.78, 5) is 31.0. The van der Waals surface area contributed by atoms with Crippen LogP contribution in [0, 0.1) is 0 Å². The number of H-pyrrole nitrogens is 1. The number of para-hydroxylation sites is 1. The third-order valence-electron chi connectivity index (χ3n) is 5.21. The van der Waals surface area contributed by atoms with E-state index >= 15 is 0 Å². The summed E-state index contributed by atoms with van der Waals surface area (Å²) in [6, 6.07) is 14.9. The van der Waals surface area contributed by atoms with Crippen LogP contribution in [-0.2, 0) is 16.0 Å². The van der Waals surface area contributed by atoms with E-state index in [1.165, 1.54) is 0 Å². The SMILES string of the molecule is CCCOC(=O)C1=CN(C(=O)c2cccc(OC)c2)CCc2c1[nH]c1ccccc21. The average Bonchev–Trinajstić information content (AvgIpc) is 3.04. The molecule has 4 rings (SSSR count). The molecule has 1 amide bonds. The second kappa shape index (κ2) is 8.45. The Morgan fingerprint density at radius 1 is 1.13 bits per heavy atom. The van der Waals surface area contributed by atoms with Gasteiger partial charge >= 0.3 is 5.97 Å².